The first-order chi connectivity index (χ1) is 33.3. The number of pyridine rings is 2. The van der Waals surface area contributed by atoms with Crippen LogP contribution in [0.3, 0.4) is 0 Å². The molecule has 4 aromatic carbocycles. The van der Waals surface area contributed by atoms with Gasteiger partial charge in [-0.05, 0) is 90.1 Å². The number of ether oxygens (including phenoxy) is 3. The van der Waals surface area contributed by atoms with Gasteiger partial charge in [-0.1, -0.05) is 17.7 Å². The molecule has 1 saturated heterocycles. The monoisotopic (exact) mass is 962 g/mol. The SMILES string of the molecule is Cn1ncc2cc(NC(=O)Nc3cccc(Oc4ccnc(C(=O)NN5CCOCC5)c4)c3)ccc21.O=C(Nc1ccc(Oc2ccnc(-c3nn[nH]n3)c2)cc1)Nc1ccc(Cl)c(C(F)(F)F)c1. The number of benzene rings is 4. The van der Waals surface area contributed by atoms with E-state index in [2.05, 4.69) is 62.4 Å². The number of morpholine rings is 1. The molecule has 6 N–H and O–H groups in total. The molecule has 352 valence electrons. The third-order valence-corrected chi connectivity index (χ3v) is 10.1. The van der Waals surface area contributed by atoms with Crippen molar-refractivity contribution in [2.75, 3.05) is 47.6 Å². The summed E-state index contributed by atoms with van der Waals surface area (Å²) < 4.78 is 57.6. The molecule has 0 radical (unpaired) electrons. The number of rotatable bonds is 11. The maximum Gasteiger partial charge on any atom is 0.417 e. The van der Waals surface area contributed by atoms with E-state index in [1.807, 2.05) is 25.2 Å². The second-order valence-electron chi connectivity index (χ2n) is 14.7. The van der Waals surface area contributed by atoms with Crippen molar-refractivity contribution < 1.29 is 41.8 Å². The van der Waals surface area contributed by atoms with Crippen molar-refractivity contribution in [1.82, 2.24) is 50.8 Å². The van der Waals surface area contributed by atoms with Crippen molar-refractivity contribution >= 4 is 63.2 Å². The molecule has 1 aliphatic rings. The summed E-state index contributed by atoms with van der Waals surface area (Å²) in [4.78, 5) is 45.5. The Bertz CT molecular complexity index is 3080. The number of aryl methyl sites for hydroxylation is 1. The van der Waals surface area contributed by atoms with Crippen molar-refractivity contribution in [2.45, 2.75) is 6.18 Å². The Morgan fingerprint density at radius 1 is 0.725 bits per heavy atom. The van der Waals surface area contributed by atoms with Crippen LogP contribution >= 0.6 is 11.6 Å². The highest BCUT2D eigenvalue weighted by molar-refractivity contribution is 6.31. The Balaban J connectivity index is 0.000000187. The lowest BCUT2D eigenvalue weighted by molar-refractivity contribution is -0.137. The zero-order valence-electron chi connectivity index (χ0n) is 36.0. The molecule has 0 unspecified atom stereocenters. The molecule has 9 rings (SSSR count). The van der Waals surface area contributed by atoms with Gasteiger partial charge in [-0.25, -0.2) is 14.6 Å². The van der Waals surface area contributed by atoms with Gasteiger partial charge in [-0.2, -0.15) is 23.5 Å². The minimum absolute atomic E-state index is 0.0562. The summed E-state index contributed by atoms with van der Waals surface area (Å²) in [6.07, 6.45) is 0.151. The second-order valence-corrected chi connectivity index (χ2v) is 15.1. The predicted octanol–water partition coefficient (Wildman–Crippen LogP) is 8.75. The minimum atomic E-state index is -4.64. The highest BCUT2D eigenvalue weighted by atomic mass is 35.5. The number of H-pyrrole nitrogens is 1. The number of carbonyl (C=O) groups excluding carboxylic acids is 3. The average Bonchev–Trinajstić information content (AvgIpc) is 4.01. The molecule has 4 aromatic heterocycles. The van der Waals surface area contributed by atoms with Gasteiger partial charge in [0.15, 0.2) is 0 Å². The van der Waals surface area contributed by atoms with Gasteiger partial charge in [0.25, 0.3) is 5.91 Å². The summed E-state index contributed by atoms with van der Waals surface area (Å²) in [7, 11) is 1.87. The summed E-state index contributed by atoms with van der Waals surface area (Å²) >= 11 is 5.58. The van der Waals surface area contributed by atoms with Gasteiger partial charge >= 0.3 is 18.2 Å². The van der Waals surface area contributed by atoms with E-state index in [4.69, 9.17) is 25.8 Å². The molecule has 0 saturated carbocycles. The van der Waals surface area contributed by atoms with Crippen molar-refractivity contribution in [3.63, 3.8) is 0 Å². The first kappa shape index (κ1) is 46.8. The fourth-order valence-electron chi connectivity index (χ4n) is 6.51. The number of hydrogen-bond donors (Lipinski definition) is 6. The number of nitrogens with zero attached hydrogens (tertiary/aromatic N) is 8. The van der Waals surface area contributed by atoms with E-state index in [0.717, 1.165) is 23.0 Å². The number of carbonyl (C=O) groups is 3. The fraction of sp³-hybridized carbons (Fsp3) is 0.133. The van der Waals surface area contributed by atoms with Crippen LogP contribution in [-0.4, -0.2) is 89.7 Å². The van der Waals surface area contributed by atoms with Gasteiger partial charge in [0.2, 0.25) is 5.82 Å². The zero-order valence-corrected chi connectivity index (χ0v) is 36.7. The number of anilines is 4. The van der Waals surface area contributed by atoms with Crippen molar-refractivity contribution in [3.8, 4) is 34.5 Å². The summed E-state index contributed by atoms with van der Waals surface area (Å²) in [5, 5.41) is 30.5. The first-order valence-electron chi connectivity index (χ1n) is 20.6. The smallest absolute Gasteiger partial charge is 0.417 e. The molecular weight excluding hydrogens is 925 g/mol. The maximum atomic E-state index is 13.0. The van der Waals surface area contributed by atoms with Gasteiger partial charge in [0.1, 0.15) is 34.4 Å². The molecule has 5 amide bonds. The van der Waals surface area contributed by atoms with Crippen LogP contribution in [0.25, 0.3) is 22.4 Å². The van der Waals surface area contributed by atoms with Crippen LogP contribution in [0.1, 0.15) is 16.1 Å². The number of tetrazole rings is 1. The topological polar surface area (TPSA) is 240 Å². The van der Waals surface area contributed by atoms with Gasteiger partial charge < -0.3 is 35.5 Å². The number of hydrazine groups is 1. The molecule has 20 nitrogen and oxygen atoms in total. The summed E-state index contributed by atoms with van der Waals surface area (Å²) in [6.45, 7) is 2.37. The predicted molar refractivity (Wildman–Crippen MR) is 247 cm³/mol. The average molecular weight is 963 g/mol. The lowest BCUT2D eigenvalue weighted by Gasteiger charge is -2.26. The van der Waals surface area contributed by atoms with Gasteiger partial charge in [0.05, 0.1) is 35.5 Å². The highest BCUT2D eigenvalue weighted by Crippen LogP contribution is 2.36. The molecule has 0 aliphatic carbocycles. The highest BCUT2D eigenvalue weighted by Gasteiger charge is 2.33. The van der Waals surface area contributed by atoms with E-state index >= 15 is 0 Å². The number of aromatic amines is 1. The second kappa shape index (κ2) is 21.3. The Morgan fingerprint density at radius 2 is 1.36 bits per heavy atom. The Hall–Kier alpha value is -8.67. The van der Waals surface area contributed by atoms with Gasteiger partial charge in [-0.3, -0.25) is 24.9 Å². The number of halogens is 4. The molecule has 8 aromatic rings. The minimum Gasteiger partial charge on any atom is -0.457 e. The quantitative estimate of drug-likeness (QED) is 0.0712. The molecule has 24 heteroatoms. The molecular formula is C45H38ClF3N14O6. The van der Waals surface area contributed by atoms with E-state index in [0.29, 0.717) is 77.9 Å². The summed E-state index contributed by atoms with van der Waals surface area (Å²) in [6, 6.07) is 27.4. The molecule has 69 heavy (non-hydrogen) atoms. The summed E-state index contributed by atoms with van der Waals surface area (Å²) in [5.41, 5.74) is 5.00. The molecule has 5 heterocycles. The van der Waals surface area contributed by atoms with Gasteiger partial charge in [0, 0.05) is 78.9 Å². The summed E-state index contributed by atoms with van der Waals surface area (Å²) in [5.74, 6) is 1.89. The van der Waals surface area contributed by atoms with E-state index in [9.17, 15) is 27.6 Å². The van der Waals surface area contributed by atoms with Gasteiger partial charge in [-0.15, -0.1) is 10.2 Å². The van der Waals surface area contributed by atoms with Crippen LogP contribution in [0.15, 0.2) is 128 Å². The first-order valence-corrected chi connectivity index (χ1v) is 21.0. The number of urea groups is 2. The fourth-order valence-corrected chi connectivity index (χ4v) is 6.73. The number of aromatic nitrogens is 8. The number of amides is 5. The van der Waals surface area contributed by atoms with Crippen LogP contribution < -0.4 is 36.2 Å². The number of alkyl halides is 3. The van der Waals surface area contributed by atoms with Crippen molar-refractivity contribution in [1.29, 1.82) is 0 Å². The largest absolute Gasteiger partial charge is 0.457 e. The molecule has 0 bridgehead atoms. The Labute approximate surface area is 394 Å². The normalized spacial score (nSPS) is 12.5. The number of fused-ring (bicyclic) bond motifs is 1. The van der Waals surface area contributed by atoms with Crippen LogP contribution in [0.2, 0.25) is 5.02 Å². The van der Waals surface area contributed by atoms with Crippen LogP contribution in [0, 0.1) is 0 Å². The standard InChI is InChI=1S/C25H25N7O4.C20H13ClF3N7O2/c1-31-23-6-5-19(13-17(23)16-27-31)29-25(34)28-18-3-2-4-20(14-18)36-21-7-8-26-22(15-21)24(33)30-32-9-11-35-12-10-32;21-16-6-3-12(9-15(16)20(22,23)24)27-19(32)26-11-1-4-13(5-2-11)33-14-7-8-25-17(10-14)18-28-30-31-29-18/h2-8,13-16H,9-12H2,1H3,(H,30,33)(H2,28,29,34);1-10H,(H2,26,27,32)(H,28,29,30,31). The van der Waals surface area contributed by atoms with E-state index in [-0.39, 0.29) is 23.3 Å². The molecule has 1 aliphatic heterocycles. The van der Waals surface area contributed by atoms with E-state index in [1.54, 1.807) is 88.7 Å². The van der Waals surface area contributed by atoms with Crippen LogP contribution in [0.5, 0.6) is 23.0 Å². The van der Waals surface area contributed by atoms with Crippen LogP contribution in [-0.2, 0) is 18.0 Å². The third kappa shape index (κ3) is 12.8. The van der Waals surface area contributed by atoms with E-state index in [1.165, 1.54) is 18.5 Å². The zero-order chi connectivity index (χ0) is 48.3. The number of hydrogen-bond acceptors (Lipinski definition) is 13. The lowest BCUT2D eigenvalue weighted by Crippen LogP contribution is -2.48. The molecule has 1 fully saturated rings. The Kier molecular flexibility index (Phi) is 14.5. The molecule has 0 atom stereocenters. The Morgan fingerprint density at radius 3 is 2.09 bits per heavy atom. The van der Waals surface area contributed by atoms with Crippen molar-refractivity contribution in [2.24, 2.45) is 7.05 Å². The molecule has 0 spiro atoms. The van der Waals surface area contributed by atoms with Crippen molar-refractivity contribution in [3.05, 3.63) is 144 Å². The maximum absolute atomic E-state index is 13.0. The lowest BCUT2D eigenvalue weighted by atomic mass is 10.2. The number of nitrogens with one attached hydrogen (secondary N) is 6. The van der Waals surface area contributed by atoms with Crippen LogP contribution in [0.4, 0.5) is 45.5 Å². The third-order valence-electron chi connectivity index (χ3n) is 9.75. The van der Waals surface area contributed by atoms with E-state index < -0.39 is 22.8 Å².